The van der Waals surface area contributed by atoms with Gasteiger partial charge in [-0.15, -0.1) is 5.10 Å². The number of nitrogens with one attached hydrogen (secondary N) is 2. The Hall–Kier alpha value is -1.79. The minimum absolute atomic E-state index is 0.0358. The Kier molecular flexibility index (Phi) is 3.92. The normalized spacial score (nSPS) is 13.5. The van der Waals surface area contributed by atoms with Crippen LogP contribution in [-0.4, -0.2) is 37.6 Å². The van der Waals surface area contributed by atoms with E-state index in [1.807, 2.05) is 18.2 Å². The van der Waals surface area contributed by atoms with Crippen molar-refractivity contribution in [1.29, 1.82) is 0 Å². The molecule has 2 rings (SSSR count). The maximum absolute atomic E-state index is 10.1. The first-order valence-electron chi connectivity index (χ1n) is 6.22. The number of hydrogen-bond donors (Lipinski definition) is 3. The van der Waals surface area contributed by atoms with E-state index >= 15 is 0 Å². The fourth-order valence-electron chi connectivity index (χ4n) is 1.62. The second-order valence-corrected chi connectivity index (χ2v) is 5.46. The number of nitrogens with zero attached hydrogens (tertiary/aromatic N) is 3. The predicted molar refractivity (Wildman–Crippen MR) is 72.3 cm³/mol. The highest BCUT2D eigenvalue weighted by molar-refractivity contribution is 5.52. The lowest BCUT2D eigenvalue weighted by Gasteiger charge is -2.22. The van der Waals surface area contributed by atoms with Crippen molar-refractivity contribution in [3.8, 4) is 11.4 Å². The summed E-state index contributed by atoms with van der Waals surface area (Å²) in [5.41, 5.74) is 2.05. The monoisotopic (exact) mass is 261 g/mol. The van der Waals surface area contributed by atoms with E-state index in [2.05, 4.69) is 46.5 Å². The number of aromatic nitrogens is 4. The second kappa shape index (κ2) is 5.46. The number of aliphatic hydroxyl groups excluding tert-OH is 1. The first-order chi connectivity index (χ1) is 8.96. The SMILES string of the molecule is CC(C)(C)NC[C@H](O)c1cccc(-c2cnn[nH]2)n1. The molecule has 0 spiro atoms. The van der Waals surface area contributed by atoms with Gasteiger partial charge in [0.25, 0.3) is 0 Å². The summed E-state index contributed by atoms with van der Waals surface area (Å²) in [6.45, 7) is 6.63. The molecule has 19 heavy (non-hydrogen) atoms. The van der Waals surface area contributed by atoms with Crippen molar-refractivity contribution in [2.75, 3.05) is 6.54 Å². The molecule has 0 saturated heterocycles. The lowest BCUT2D eigenvalue weighted by Crippen LogP contribution is -2.38. The van der Waals surface area contributed by atoms with Crippen molar-refractivity contribution in [1.82, 2.24) is 25.7 Å². The molecule has 6 heteroatoms. The molecular formula is C13H19N5O. The molecule has 2 aromatic rings. The molecule has 0 aliphatic rings. The molecule has 0 aliphatic carbocycles. The predicted octanol–water partition coefficient (Wildman–Crippen LogP) is 1.29. The Morgan fingerprint density at radius 3 is 2.79 bits per heavy atom. The number of H-pyrrole nitrogens is 1. The quantitative estimate of drug-likeness (QED) is 0.772. The largest absolute Gasteiger partial charge is 0.385 e. The minimum atomic E-state index is -0.643. The Balaban J connectivity index is 2.10. The highest BCUT2D eigenvalue weighted by atomic mass is 16.3. The molecule has 102 valence electrons. The summed E-state index contributed by atoms with van der Waals surface area (Å²) in [6.07, 6.45) is 0.960. The number of rotatable bonds is 4. The number of aliphatic hydroxyl groups is 1. The van der Waals surface area contributed by atoms with Gasteiger partial charge in [-0.05, 0) is 32.9 Å². The molecular weight excluding hydrogens is 242 g/mol. The minimum Gasteiger partial charge on any atom is -0.385 e. The van der Waals surface area contributed by atoms with Crippen molar-refractivity contribution in [3.63, 3.8) is 0 Å². The van der Waals surface area contributed by atoms with E-state index < -0.39 is 6.10 Å². The van der Waals surface area contributed by atoms with Crippen molar-refractivity contribution in [2.24, 2.45) is 0 Å². The van der Waals surface area contributed by atoms with E-state index in [-0.39, 0.29) is 5.54 Å². The smallest absolute Gasteiger partial charge is 0.108 e. The molecule has 0 saturated carbocycles. The van der Waals surface area contributed by atoms with Crippen LogP contribution >= 0.6 is 0 Å². The molecule has 6 nitrogen and oxygen atoms in total. The summed E-state index contributed by atoms with van der Waals surface area (Å²) in [4.78, 5) is 4.41. The van der Waals surface area contributed by atoms with Gasteiger partial charge < -0.3 is 10.4 Å². The van der Waals surface area contributed by atoms with Crippen LogP contribution in [0.15, 0.2) is 24.4 Å². The second-order valence-electron chi connectivity index (χ2n) is 5.46. The molecule has 0 fully saturated rings. The van der Waals surface area contributed by atoms with Gasteiger partial charge in [0.1, 0.15) is 11.8 Å². The summed E-state index contributed by atoms with van der Waals surface area (Å²) in [5.74, 6) is 0. The van der Waals surface area contributed by atoms with Gasteiger partial charge in [-0.1, -0.05) is 11.3 Å². The average molecular weight is 261 g/mol. The number of pyridine rings is 1. The zero-order valence-electron chi connectivity index (χ0n) is 11.4. The standard InChI is InChI=1S/C13H19N5O/c1-13(2,3)14-8-12(19)10-6-4-5-9(16-10)11-7-15-18-17-11/h4-7,12,14,19H,8H2,1-3H3,(H,15,17,18)/t12-/m0/s1. The van der Waals surface area contributed by atoms with Gasteiger partial charge in [0.05, 0.1) is 17.6 Å². The third kappa shape index (κ3) is 3.84. The topological polar surface area (TPSA) is 86.7 Å². The van der Waals surface area contributed by atoms with E-state index in [1.165, 1.54) is 0 Å². The molecule has 0 unspecified atom stereocenters. The Morgan fingerprint density at radius 2 is 2.16 bits per heavy atom. The summed E-state index contributed by atoms with van der Waals surface area (Å²) >= 11 is 0. The zero-order chi connectivity index (χ0) is 13.9. The van der Waals surface area contributed by atoms with Gasteiger partial charge in [-0.3, -0.25) is 5.10 Å². The molecule has 0 amide bonds. The first kappa shape index (κ1) is 13.6. The molecule has 0 bridgehead atoms. The maximum atomic E-state index is 10.1. The van der Waals surface area contributed by atoms with Crippen molar-refractivity contribution in [2.45, 2.75) is 32.4 Å². The van der Waals surface area contributed by atoms with Crippen LogP contribution in [-0.2, 0) is 0 Å². The van der Waals surface area contributed by atoms with Crippen LogP contribution in [0.2, 0.25) is 0 Å². The Morgan fingerprint density at radius 1 is 1.37 bits per heavy atom. The third-order valence-corrected chi connectivity index (χ3v) is 2.63. The van der Waals surface area contributed by atoms with Crippen molar-refractivity contribution >= 4 is 0 Å². The van der Waals surface area contributed by atoms with E-state index in [0.717, 1.165) is 11.4 Å². The third-order valence-electron chi connectivity index (χ3n) is 2.63. The van der Waals surface area contributed by atoms with Gasteiger partial charge in [-0.25, -0.2) is 4.98 Å². The summed E-state index contributed by atoms with van der Waals surface area (Å²) in [5, 5.41) is 23.5. The average Bonchev–Trinajstić information content (AvgIpc) is 2.89. The van der Waals surface area contributed by atoms with E-state index in [1.54, 1.807) is 6.20 Å². The maximum Gasteiger partial charge on any atom is 0.108 e. The number of hydrogen-bond acceptors (Lipinski definition) is 5. The molecule has 3 N–H and O–H groups in total. The van der Waals surface area contributed by atoms with Crippen LogP contribution in [0.1, 0.15) is 32.6 Å². The number of aromatic amines is 1. The van der Waals surface area contributed by atoms with Crippen LogP contribution in [0.3, 0.4) is 0 Å². The molecule has 0 aromatic carbocycles. The van der Waals surface area contributed by atoms with E-state index in [9.17, 15) is 5.11 Å². The fourth-order valence-corrected chi connectivity index (χ4v) is 1.62. The molecule has 0 radical (unpaired) electrons. The molecule has 2 aromatic heterocycles. The Labute approximate surface area is 112 Å². The zero-order valence-corrected chi connectivity index (χ0v) is 11.4. The molecule has 0 aliphatic heterocycles. The molecule has 1 atom stereocenters. The first-order valence-corrected chi connectivity index (χ1v) is 6.22. The van der Waals surface area contributed by atoms with Gasteiger partial charge in [0.2, 0.25) is 0 Å². The van der Waals surface area contributed by atoms with Crippen LogP contribution in [0, 0.1) is 0 Å². The summed E-state index contributed by atoms with van der Waals surface area (Å²) in [7, 11) is 0. The summed E-state index contributed by atoms with van der Waals surface area (Å²) < 4.78 is 0. The van der Waals surface area contributed by atoms with E-state index in [4.69, 9.17) is 0 Å². The highest BCUT2D eigenvalue weighted by Gasteiger charge is 2.15. The van der Waals surface area contributed by atoms with Gasteiger partial charge in [0, 0.05) is 12.1 Å². The highest BCUT2D eigenvalue weighted by Crippen LogP contribution is 2.17. The Bertz CT molecular complexity index is 518. The van der Waals surface area contributed by atoms with Gasteiger partial charge >= 0.3 is 0 Å². The number of β-amino-alcohol motifs (C(OH)–C–C–N with tert-alkyl or cyclic N) is 1. The molecule has 2 heterocycles. The lowest BCUT2D eigenvalue weighted by atomic mass is 10.1. The van der Waals surface area contributed by atoms with Crippen LogP contribution < -0.4 is 5.32 Å². The van der Waals surface area contributed by atoms with Gasteiger partial charge in [-0.2, -0.15) is 0 Å². The van der Waals surface area contributed by atoms with Crippen LogP contribution in [0.4, 0.5) is 0 Å². The van der Waals surface area contributed by atoms with Crippen LogP contribution in [0.25, 0.3) is 11.4 Å². The summed E-state index contributed by atoms with van der Waals surface area (Å²) in [6, 6.07) is 5.52. The van der Waals surface area contributed by atoms with Crippen molar-refractivity contribution < 1.29 is 5.11 Å². The van der Waals surface area contributed by atoms with Gasteiger partial charge in [0.15, 0.2) is 0 Å². The lowest BCUT2D eigenvalue weighted by molar-refractivity contribution is 0.159. The van der Waals surface area contributed by atoms with Crippen LogP contribution in [0.5, 0.6) is 0 Å². The van der Waals surface area contributed by atoms with E-state index in [0.29, 0.717) is 12.2 Å². The fraction of sp³-hybridized carbons (Fsp3) is 0.462. The van der Waals surface area contributed by atoms with Crippen molar-refractivity contribution in [3.05, 3.63) is 30.1 Å².